The van der Waals surface area contributed by atoms with Crippen molar-refractivity contribution in [2.45, 2.75) is 19.0 Å². The summed E-state index contributed by atoms with van der Waals surface area (Å²) in [6.07, 6.45) is 0. The molecule has 0 bridgehead atoms. The minimum atomic E-state index is -0.645. The minimum Gasteiger partial charge on any atom is -0.465 e. The van der Waals surface area contributed by atoms with Crippen LogP contribution in [0.1, 0.15) is 31.2 Å². The molecule has 0 atom stereocenters. The van der Waals surface area contributed by atoms with Crippen LogP contribution in [0.5, 0.6) is 0 Å². The number of benzene rings is 1. The van der Waals surface area contributed by atoms with E-state index in [2.05, 4.69) is 15.5 Å². The predicted molar refractivity (Wildman–Crippen MR) is 122 cm³/mol. The topological polar surface area (TPSA) is 112 Å². The molecular weight excluding hydrogens is 452 g/mol. The number of amides is 1. The highest BCUT2D eigenvalue weighted by atomic mass is 32.2. The molecule has 0 aliphatic rings. The molecule has 0 saturated carbocycles. The largest absolute Gasteiger partial charge is 0.465 e. The number of thioether (sulfide) groups is 1. The molecule has 0 radical (unpaired) electrons. The Kier molecular flexibility index (Phi) is 7.31. The van der Waals surface area contributed by atoms with Crippen molar-refractivity contribution in [2.24, 2.45) is 7.05 Å². The number of hydrogen-bond donors (Lipinski definition) is 1. The number of ether oxygens (including phenoxy) is 2. The van der Waals surface area contributed by atoms with Gasteiger partial charge in [0.2, 0.25) is 5.91 Å². The fourth-order valence-electron chi connectivity index (χ4n) is 2.92. The fourth-order valence-corrected chi connectivity index (χ4v) is 4.76. The Balaban J connectivity index is 1.74. The van der Waals surface area contributed by atoms with E-state index in [-0.39, 0.29) is 27.1 Å². The van der Waals surface area contributed by atoms with Crippen molar-refractivity contribution in [3.05, 3.63) is 45.8 Å². The van der Waals surface area contributed by atoms with Gasteiger partial charge in [-0.3, -0.25) is 4.79 Å². The van der Waals surface area contributed by atoms with Crippen molar-refractivity contribution in [1.29, 1.82) is 0 Å². The maximum Gasteiger partial charge on any atom is 0.348 e. The van der Waals surface area contributed by atoms with E-state index < -0.39 is 11.9 Å². The second kappa shape index (κ2) is 9.96. The maximum absolute atomic E-state index is 12.6. The molecule has 11 heteroatoms. The highest BCUT2D eigenvalue weighted by Crippen LogP contribution is 2.34. The Hall–Kier alpha value is -3.18. The van der Waals surface area contributed by atoms with E-state index in [0.29, 0.717) is 16.5 Å². The average molecular weight is 475 g/mol. The number of aromatic nitrogens is 3. The highest BCUT2D eigenvalue weighted by Gasteiger charge is 2.27. The number of methoxy groups -OCH3 is 2. The number of hydrogen-bond acceptors (Lipinski definition) is 9. The summed E-state index contributed by atoms with van der Waals surface area (Å²) in [5, 5.41) is 11.9. The van der Waals surface area contributed by atoms with E-state index in [0.717, 1.165) is 22.5 Å². The number of carbonyl (C=O) groups excluding carboxylic acids is 3. The zero-order chi connectivity index (χ0) is 23.4. The van der Waals surface area contributed by atoms with Crippen molar-refractivity contribution >= 4 is 45.9 Å². The standard InChI is InChI=1S/C21H22N4O5S2/c1-11-6-8-13(9-7-11)17-23-24-21(25(17)3)31-10-14(26)22-18-15(19(27)29-4)12(2)16(32-18)20(28)30-5/h6-9H,10H2,1-5H3,(H,22,26). The number of nitrogens with zero attached hydrogens (tertiary/aromatic N) is 3. The van der Waals surface area contributed by atoms with Crippen molar-refractivity contribution in [3.8, 4) is 11.4 Å². The molecule has 3 aromatic rings. The third kappa shape index (κ3) is 4.83. The molecule has 2 heterocycles. The van der Waals surface area contributed by atoms with E-state index in [9.17, 15) is 14.4 Å². The van der Waals surface area contributed by atoms with Crippen molar-refractivity contribution in [2.75, 3.05) is 25.3 Å². The smallest absolute Gasteiger partial charge is 0.348 e. The SMILES string of the molecule is COC(=O)c1sc(NC(=O)CSc2nnc(-c3ccc(C)cc3)n2C)c(C(=O)OC)c1C. The van der Waals surface area contributed by atoms with Gasteiger partial charge in [-0.05, 0) is 19.4 Å². The number of esters is 2. The second-order valence-electron chi connectivity index (χ2n) is 6.81. The normalized spacial score (nSPS) is 10.7. The Morgan fingerprint density at radius 3 is 2.34 bits per heavy atom. The Morgan fingerprint density at radius 2 is 1.72 bits per heavy atom. The molecule has 0 fully saturated rings. The molecule has 9 nitrogen and oxygen atoms in total. The van der Waals surface area contributed by atoms with Crippen LogP contribution in [0.3, 0.4) is 0 Å². The molecule has 0 unspecified atom stereocenters. The van der Waals surface area contributed by atoms with Crippen molar-refractivity contribution < 1.29 is 23.9 Å². The van der Waals surface area contributed by atoms with Crippen LogP contribution in [0.25, 0.3) is 11.4 Å². The molecule has 32 heavy (non-hydrogen) atoms. The third-order valence-corrected chi connectivity index (χ3v) is 6.84. The third-order valence-electron chi connectivity index (χ3n) is 4.64. The van der Waals surface area contributed by atoms with Gasteiger partial charge in [0.15, 0.2) is 11.0 Å². The first-order valence-electron chi connectivity index (χ1n) is 9.45. The molecule has 2 aromatic heterocycles. The summed E-state index contributed by atoms with van der Waals surface area (Å²) >= 11 is 2.18. The van der Waals surface area contributed by atoms with Gasteiger partial charge in [0.25, 0.3) is 0 Å². The minimum absolute atomic E-state index is 0.0327. The number of nitrogens with one attached hydrogen (secondary N) is 1. The first kappa shape index (κ1) is 23.5. The van der Waals surface area contributed by atoms with Gasteiger partial charge in [-0.1, -0.05) is 41.6 Å². The van der Waals surface area contributed by atoms with Gasteiger partial charge in [-0.25, -0.2) is 9.59 Å². The lowest BCUT2D eigenvalue weighted by atomic mass is 10.1. The molecule has 0 aliphatic heterocycles. The van der Waals surface area contributed by atoms with Crippen LogP contribution >= 0.6 is 23.1 Å². The monoisotopic (exact) mass is 474 g/mol. The molecule has 0 aliphatic carbocycles. The number of rotatable bonds is 7. The van der Waals surface area contributed by atoms with E-state index in [1.54, 1.807) is 6.92 Å². The van der Waals surface area contributed by atoms with Crippen LogP contribution < -0.4 is 5.32 Å². The van der Waals surface area contributed by atoms with Crippen LogP contribution in [0.4, 0.5) is 5.00 Å². The van der Waals surface area contributed by atoms with Crippen LogP contribution in [0.2, 0.25) is 0 Å². The highest BCUT2D eigenvalue weighted by molar-refractivity contribution is 7.99. The maximum atomic E-state index is 12.6. The van der Waals surface area contributed by atoms with Crippen molar-refractivity contribution in [1.82, 2.24) is 14.8 Å². The van der Waals surface area contributed by atoms with Crippen LogP contribution in [0, 0.1) is 13.8 Å². The van der Waals surface area contributed by atoms with E-state index in [1.165, 1.54) is 26.0 Å². The van der Waals surface area contributed by atoms with E-state index in [1.807, 2.05) is 42.8 Å². The van der Waals surface area contributed by atoms with Gasteiger partial charge >= 0.3 is 11.9 Å². The average Bonchev–Trinajstić information content (AvgIpc) is 3.31. The summed E-state index contributed by atoms with van der Waals surface area (Å²) in [5.74, 6) is -0.872. The summed E-state index contributed by atoms with van der Waals surface area (Å²) in [5.41, 5.74) is 2.60. The number of aryl methyl sites for hydroxylation is 1. The van der Waals surface area contributed by atoms with Gasteiger partial charge in [0, 0.05) is 12.6 Å². The first-order valence-corrected chi connectivity index (χ1v) is 11.3. The molecule has 1 N–H and O–H groups in total. The quantitative estimate of drug-likeness (QED) is 0.409. The van der Waals surface area contributed by atoms with Crippen molar-refractivity contribution in [3.63, 3.8) is 0 Å². The van der Waals surface area contributed by atoms with Gasteiger partial charge in [-0.15, -0.1) is 21.5 Å². The van der Waals surface area contributed by atoms with Crippen LogP contribution in [-0.2, 0) is 21.3 Å². The lowest BCUT2D eigenvalue weighted by molar-refractivity contribution is -0.113. The lowest BCUT2D eigenvalue weighted by Crippen LogP contribution is -2.16. The number of anilines is 1. The summed E-state index contributed by atoms with van der Waals surface area (Å²) in [4.78, 5) is 37.0. The van der Waals surface area contributed by atoms with Gasteiger partial charge < -0.3 is 19.4 Å². The summed E-state index contributed by atoms with van der Waals surface area (Å²) in [6, 6.07) is 7.92. The Labute approximate surface area is 193 Å². The van der Waals surface area contributed by atoms with Crippen LogP contribution in [0.15, 0.2) is 29.4 Å². The zero-order valence-electron chi connectivity index (χ0n) is 18.2. The Bertz CT molecular complexity index is 1170. The number of carbonyl (C=O) groups is 3. The summed E-state index contributed by atoms with van der Waals surface area (Å²) in [6.45, 7) is 3.61. The van der Waals surface area contributed by atoms with Crippen LogP contribution in [-0.4, -0.2) is 52.6 Å². The predicted octanol–water partition coefficient (Wildman–Crippen LogP) is 3.46. The zero-order valence-corrected chi connectivity index (χ0v) is 19.8. The summed E-state index contributed by atoms with van der Waals surface area (Å²) < 4.78 is 11.4. The molecule has 3 rings (SSSR count). The molecule has 1 aromatic carbocycles. The molecule has 0 saturated heterocycles. The van der Waals surface area contributed by atoms with E-state index >= 15 is 0 Å². The first-order chi connectivity index (χ1) is 15.3. The van der Waals surface area contributed by atoms with Gasteiger partial charge in [-0.2, -0.15) is 0 Å². The van der Waals surface area contributed by atoms with E-state index in [4.69, 9.17) is 9.47 Å². The lowest BCUT2D eigenvalue weighted by Gasteiger charge is -2.06. The molecule has 0 spiro atoms. The molecular formula is C21H22N4O5S2. The van der Waals surface area contributed by atoms with Gasteiger partial charge in [0.1, 0.15) is 9.88 Å². The van der Waals surface area contributed by atoms with Gasteiger partial charge in [0.05, 0.1) is 25.5 Å². The molecule has 1 amide bonds. The second-order valence-corrected chi connectivity index (χ2v) is 8.77. The molecule has 168 valence electrons. The Morgan fingerprint density at radius 1 is 1.06 bits per heavy atom. The fraction of sp³-hybridized carbons (Fsp3) is 0.286. The number of thiophene rings is 1. The summed E-state index contributed by atoms with van der Waals surface area (Å²) in [7, 11) is 4.31.